The second-order valence-corrected chi connectivity index (χ2v) is 5.91. The van der Waals surface area contributed by atoms with Gasteiger partial charge in [0, 0.05) is 18.4 Å². The molecule has 1 N–H and O–H groups in total. The molecule has 0 radical (unpaired) electrons. The van der Waals surface area contributed by atoms with Crippen LogP contribution < -0.4 is 5.32 Å². The molecule has 4 heteroatoms. The summed E-state index contributed by atoms with van der Waals surface area (Å²) < 4.78 is 5.56. The van der Waals surface area contributed by atoms with E-state index in [9.17, 15) is 0 Å². The van der Waals surface area contributed by atoms with Crippen LogP contribution >= 0.6 is 11.8 Å². The van der Waals surface area contributed by atoms with Gasteiger partial charge in [-0.25, -0.2) is 0 Å². The summed E-state index contributed by atoms with van der Waals surface area (Å²) in [6, 6.07) is 0. The summed E-state index contributed by atoms with van der Waals surface area (Å²) >= 11 is 1.90. The predicted octanol–water partition coefficient (Wildman–Crippen LogP) is 2.27. The van der Waals surface area contributed by atoms with Crippen LogP contribution in [0.4, 0.5) is 0 Å². The van der Waals surface area contributed by atoms with Gasteiger partial charge < -0.3 is 10.1 Å². The molecule has 0 aromatic carbocycles. The number of hydrogen-bond donors (Lipinski definition) is 1. The Labute approximate surface area is 102 Å². The van der Waals surface area contributed by atoms with Gasteiger partial charge in [-0.3, -0.25) is 4.99 Å². The number of thioether (sulfide) groups is 1. The number of aliphatic imine (C=N–C) groups is 1. The molecule has 16 heavy (non-hydrogen) atoms. The van der Waals surface area contributed by atoms with E-state index in [0.29, 0.717) is 5.25 Å². The maximum atomic E-state index is 5.56. The normalized spacial score (nSPS) is 24.6. The zero-order chi connectivity index (χ0) is 11.2. The van der Waals surface area contributed by atoms with E-state index < -0.39 is 0 Å². The van der Waals surface area contributed by atoms with Crippen molar-refractivity contribution in [2.45, 2.75) is 37.9 Å². The predicted molar refractivity (Wildman–Crippen MR) is 70.1 cm³/mol. The smallest absolute Gasteiger partial charge is 0.157 e. The van der Waals surface area contributed by atoms with Crippen molar-refractivity contribution in [1.82, 2.24) is 5.32 Å². The van der Waals surface area contributed by atoms with Crippen LogP contribution in [0.1, 0.15) is 32.6 Å². The fraction of sp³-hybridized carbons (Fsp3) is 0.917. The average molecular weight is 242 g/mol. The Morgan fingerprint density at radius 2 is 2.38 bits per heavy atom. The van der Waals surface area contributed by atoms with Gasteiger partial charge in [0.25, 0.3) is 0 Å². The first-order valence-corrected chi connectivity index (χ1v) is 7.29. The lowest BCUT2D eigenvalue weighted by Crippen LogP contribution is -2.24. The molecule has 1 saturated carbocycles. The highest BCUT2D eigenvalue weighted by Gasteiger charge is 2.21. The second-order valence-electron chi connectivity index (χ2n) is 4.62. The van der Waals surface area contributed by atoms with Crippen LogP contribution in [0.2, 0.25) is 0 Å². The van der Waals surface area contributed by atoms with Crippen LogP contribution in [0.25, 0.3) is 0 Å². The van der Waals surface area contributed by atoms with Crippen molar-refractivity contribution >= 4 is 16.9 Å². The first-order valence-electron chi connectivity index (χ1n) is 6.41. The van der Waals surface area contributed by atoms with Gasteiger partial charge in [0.1, 0.15) is 0 Å². The van der Waals surface area contributed by atoms with E-state index in [-0.39, 0.29) is 0 Å². The van der Waals surface area contributed by atoms with Gasteiger partial charge in [0.2, 0.25) is 0 Å². The standard InChI is InChI=1S/C12H22N2OS/c1-2-3-11-8-14-12(16-11)13-6-7-15-9-10-4-5-10/h10-11H,2-9H2,1H3,(H,13,14). The van der Waals surface area contributed by atoms with E-state index in [1.165, 1.54) is 25.7 Å². The molecule has 2 aliphatic rings. The van der Waals surface area contributed by atoms with Crippen molar-refractivity contribution in [3.8, 4) is 0 Å². The molecule has 0 bridgehead atoms. The van der Waals surface area contributed by atoms with Crippen molar-refractivity contribution in [3.63, 3.8) is 0 Å². The number of nitrogens with zero attached hydrogens (tertiary/aromatic N) is 1. The van der Waals surface area contributed by atoms with Crippen molar-refractivity contribution in [2.75, 3.05) is 26.3 Å². The fourth-order valence-electron chi connectivity index (χ4n) is 1.75. The Bertz CT molecular complexity index is 241. The molecule has 1 heterocycles. The Balaban J connectivity index is 1.46. The van der Waals surface area contributed by atoms with Crippen LogP contribution in [0.3, 0.4) is 0 Å². The molecule has 3 nitrogen and oxygen atoms in total. The SMILES string of the molecule is CCCC1CN=C(NCCOCC2CC2)S1. The van der Waals surface area contributed by atoms with E-state index in [4.69, 9.17) is 4.74 Å². The molecule has 1 atom stereocenters. The van der Waals surface area contributed by atoms with E-state index in [2.05, 4.69) is 17.2 Å². The first kappa shape index (κ1) is 12.2. The number of hydrogen-bond acceptors (Lipinski definition) is 4. The Morgan fingerprint density at radius 1 is 1.50 bits per heavy atom. The van der Waals surface area contributed by atoms with Gasteiger partial charge in [0.05, 0.1) is 13.2 Å². The summed E-state index contributed by atoms with van der Waals surface area (Å²) in [6.07, 6.45) is 5.27. The van der Waals surface area contributed by atoms with Crippen LogP contribution in [0.15, 0.2) is 4.99 Å². The average Bonchev–Trinajstić information content (AvgIpc) is 2.99. The molecule has 1 unspecified atom stereocenters. The van der Waals surface area contributed by atoms with Crippen molar-refractivity contribution in [3.05, 3.63) is 0 Å². The molecular formula is C12H22N2OS. The summed E-state index contributed by atoms with van der Waals surface area (Å²) in [7, 11) is 0. The highest BCUT2D eigenvalue weighted by atomic mass is 32.2. The Kier molecular flexibility index (Phi) is 4.97. The fourth-order valence-corrected chi connectivity index (χ4v) is 2.90. The summed E-state index contributed by atoms with van der Waals surface area (Å²) in [6.45, 7) is 5.90. The lowest BCUT2D eigenvalue weighted by molar-refractivity contribution is 0.129. The molecule has 92 valence electrons. The summed E-state index contributed by atoms with van der Waals surface area (Å²) in [5.74, 6) is 0.868. The van der Waals surface area contributed by atoms with Crippen LogP contribution in [0, 0.1) is 5.92 Å². The highest BCUT2D eigenvalue weighted by Crippen LogP contribution is 2.28. The molecule has 0 saturated heterocycles. The maximum absolute atomic E-state index is 5.56. The van der Waals surface area contributed by atoms with Crippen molar-refractivity contribution < 1.29 is 4.74 Å². The van der Waals surface area contributed by atoms with E-state index in [1.54, 1.807) is 0 Å². The second kappa shape index (κ2) is 6.50. The van der Waals surface area contributed by atoms with Gasteiger partial charge in [-0.05, 0) is 25.2 Å². The lowest BCUT2D eigenvalue weighted by atomic mass is 10.2. The van der Waals surface area contributed by atoms with Crippen molar-refractivity contribution in [1.29, 1.82) is 0 Å². The monoisotopic (exact) mass is 242 g/mol. The molecular weight excluding hydrogens is 220 g/mol. The summed E-state index contributed by atoms with van der Waals surface area (Å²) in [5.41, 5.74) is 0. The topological polar surface area (TPSA) is 33.6 Å². The summed E-state index contributed by atoms with van der Waals surface area (Å²) in [5, 5.41) is 5.18. The number of nitrogens with one attached hydrogen (secondary N) is 1. The van der Waals surface area contributed by atoms with Gasteiger partial charge in [-0.15, -0.1) is 0 Å². The quantitative estimate of drug-likeness (QED) is 0.695. The van der Waals surface area contributed by atoms with Gasteiger partial charge in [-0.1, -0.05) is 25.1 Å². The first-order chi connectivity index (χ1) is 7.88. The molecule has 0 aromatic heterocycles. The third kappa shape index (κ3) is 4.34. The van der Waals surface area contributed by atoms with Crippen molar-refractivity contribution in [2.24, 2.45) is 10.9 Å². The van der Waals surface area contributed by atoms with E-state index in [1.807, 2.05) is 11.8 Å². The lowest BCUT2D eigenvalue weighted by Gasteiger charge is -2.08. The zero-order valence-corrected chi connectivity index (χ0v) is 10.9. The van der Waals surface area contributed by atoms with Gasteiger partial charge in [-0.2, -0.15) is 0 Å². The largest absolute Gasteiger partial charge is 0.379 e. The molecule has 0 spiro atoms. The molecule has 0 aromatic rings. The number of amidine groups is 1. The Hall–Kier alpha value is -0.220. The van der Waals surface area contributed by atoms with Crippen LogP contribution in [0.5, 0.6) is 0 Å². The third-order valence-corrected chi connectivity index (χ3v) is 4.12. The minimum Gasteiger partial charge on any atom is -0.379 e. The van der Waals surface area contributed by atoms with Crippen LogP contribution in [-0.2, 0) is 4.74 Å². The zero-order valence-electron chi connectivity index (χ0n) is 10.1. The molecule has 0 amide bonds. The van der Waals surface area contributed by atoms with E-state index >= 15 is 0 Å². The number of rotatable bonds is 7. The number of ether oxygens (including phenoxy) is 1. The molecule has 1 fully saturated rings. The minimum atomic E-state index is 0.708. The molecule has 1 aliphatic carbocycles. The third-order valence-electron chi connectivity index (χ3n) is 2.90. The molecule has 2 rings (SSSR count). The van der Waals surface area contributed by atoms with E-state index in [0.717, 1.165) is 37.4 Å². The highest BCUT2D eigenvalue weighted by molar-refractivity contribution is 8.14. The summed E-state index contributed by atoms with van der Waals surface area (Å²) in [4.78, 5) is 4.49. The van der Waals surface area contributed by atoms with Crippen LogP contribution in [-0.4, -0.2) is 36.7 Å². The van der Waals surface area contributed by atoms with Gasteiger partial charge in [0.15, 0.2) is 5.17 Å². The van der Waals surface area contributed by atoms with Gasteiger partial charge >= 0.3 is 0 Å². The Morgan fingerprint density at radius 3 is 3.12 bits per heavy atom. The molecule has 1 aliphatic heterocycles. The minimum absolute atomic E-state index is 0.708. The maximum Gasteiger partial charge on any atom is 0.157 e.